The maximum absolute atomic E-state index is 13.7. The van der Waals surface area contributed by atoms with E-state index in [2.05, 4.69) is 27.8 Å². The fraction of sp³-hybridized carbons (Fsp3) is 0.533. The molecule has 0 aliphatic carbocycles. The third-order valence-electron chi connectivity index (χ3n) is 8.36. The SMILES string of the molecule is Cc1nc(CC(=O)N2CC[C@@H]3NC(=O)[C@@H](Cc4ccccc4)NC(=O)C4(CC=CC[C@@H]3C2)CCOCC4)cs1. The summed E-state index contributed by atoms with van der Waals surface area (Å²) in [6.07, 6.45) is 8.29. The van der Waals surface area contributed by atoms with Crippen LogP contribution in [0.3, 0.4) is 0 Å². The van der Waals surface area contributed by atoms with Crippen molar-refractivity contribution in [3.63, 3.8) is 0 Å². The molecule has 5 rings (SSSR count). The summed E-state index contributed by atoms with van der Waals surface area (Å²) < 4.78 is 5.59. The number of benzene rings is 1. The summed E-state index contributed by atoms with van der Waals surface area (Å²) in [7, 11) is 0. The van der Waals surface area contributed by atoms with E-state index < -0.39 is 11.5 Å². The Morgan fingerprint density at radius 1 is 1.15 bits per heavy atom. The van der Waals surface area contributed by atoms with Crippen LogP contribution in [-0.4, -0.2) is 66.0 Å². The van der Waals surface area contributed by atoms with Gasteiger partial charge in [0.1, 0.15) is 6.04 Å². The van der Waals surface area contributed by atoms with Gasteiger partial charge in [-0.1, -0.05) is 42.5 Å². The number of aromatic nitrogens is 1. The third kappa shape index (κ3) is 6.76. The Hall–Kier alpha value is -3.04. The number of fused-ring (bicyclic) bond motifs is 1. The van der Waals surface area contributed by atoms with Gasteiger partial charge in [-0.3, -0.25) is 14.4 Å². The van der Waals surface area contributed by atoms with Gasteiger partial charge < -0.3 is 20.3 Å². The molecule has 0 saturated carbocycles. The molecule has 9 heteroatoms. The molecule has 1 spiro atoms. The molecule has 208 valence electrons. The Kier molecular flexibility index (Phi) is 8.77. The highest BCUT2D eigenvalue weighted by molar-refractivity contribution is 7.09. The van der Waals surface area contributed by atoms with Crippen LogP contribution < -0.4 is 10.6 Å². The van der Waals surface area contributed by atoms with Crippen LogP contribution in [0.25, 0.3) is 0 Å². The quantitative estimate of drug-likeness (QED) is 0.570. The number of aryl methyl sites for hydroxylation is 1. The monoisotopic (exact) mass is 550 g/mol. The van der Waals surface area contributed by atoms with Gasteiger partial charge in [-0.05, 0) is 44.6 Å². The standard InChI is InChI=1S/C30H38N4O4S/c1-21-31-24(20-39-21)18-27(35)34-14-10-25-23(19-34)9-5-6-11-30(12-15-38-16-13-30)29(37)33-26(28(36)32-25)17-22-7-3-2-4-8-22/h2-8,20,23,25-26H,9-19H2,1H3,(H,32,36)(H,33,37)/t23-,25+,26-/m1/s1. The third-order valence-corrected chi connectivity index (χ3v) is 9.19. The minimum Gasteiger partial charge on any atom is -0.381 e. The van der Waals surface area contributed by atoms with Crippen molar-refractivity contribution in [2.75, 3.05) is 26.3 Å². The zero-order valence-electron chi connectivity index (χ0n) is 22.6. The molecule has 2 aromatic rings. The van der Waals surface area contributed by atoms with Crippen LogP contribution >= 0.6 is 11.3 Å². The maximum Gasteiger partial charge on any atom is 0.243 e. The first kappa shape index (κ1) is 27.5. The topological polar surface area (TPSA) is 101 Å². The van der Waals surface area contributed by atoms with Crippen LogP contribution in [0.2, 0.25) is 0 Å². The largest absolute Gasteiger partial charge is 0.381 e. The van der Waals surface area contributed by atoms with Gasteiger partial charge in [-0.15, -0.1) is 11.3 Å². The van der Waals surface area contributed by atoms with Crippen LogP contribution in [0.4, 0.5) is 0 Å². The van der Waals surface area contributed by atoms with Crippen molar-refractivity contribution < 1.29 is 19.1 Å². The minimum atomic E-state index is -0.670. The normalized spacial score (nSPS) is 25.7. The molecule has 4 heterocycles. The Morgan fingerprint density at radius 2 is 1.95 bits per heavy atom. The smallest absolute Gasteiger partial charge is 0.243 e. The van der Waals surface area contributed by atoms with E-state index in [1.54, 1.807) is 11.3 Å². The average molecular weight is 551 g/mol. The molecule has 8 nitrogen and oxygen atoms in total. The molecule has 2 saturated heterocycles. The lowest BCUT2D eigenvalue weighted by atomic mass is 9.75. The number of hydrogen-bond donors (Lipinski definition) is 2. The van der Waals surface area contributed by atoms with Crippen molar-refractivity contribution in [2.24, 2.45) is 11.3 Å². The number of amides is 3. The van der Waals surface area contributed by atoms with E-state index in [4.69, 9.17) is 4.74 Å². The Morgan fingerprint density at radius 3 is 2.69 bits per heavy atom. The number of nitrogens with zero attached hydrogens (tertiary/aromatic N) is 2. The fourth-order valence-electron chi connectivity index (χ4n) is 5.96. The van der Waals surface area contributed by atoms with Crippen molar-refractivity contribution in [1.82, 2.24) is 20.5 Å². The van der Waals surface area contributed by atoms with Gasteiger partial charge in [0.05, 0.1) is 22.5 Å². The van der Waals surface area contributed by atoms with Gasteiger partial charge in [-0.2, -0.15) is 0 Å². The molecule has 0 unspecified atom stereocenters. The number of likely N-dealkylation sites (tertiary alicyclic amines) is 1. The molecule has 0 radical (unpaired) electrons. The number of nitrogens with one attached hydrogen (secondary N) is 2. The molecule has 3 aliphatic rings. The second kappa shape index (κ2) is 12.4. The zero-order valence-corrected chi connectivity index (χ0v) is 23.4. The van der Waals surface area contributed by atoms with E-state index in [1.165, 1.54) is 0 Å². The van der Waals surface area contributed by atoms with E-state index in [9.17, 15) is 14.4 Å². The number of carbonyl (C=O) groups excluding carboxylic acids is 3. The second-order valence-corrected chi connectivity index (χ2v) is 12.1. The molecule has 3 amide bonds. The van der Waals surface area contributed by atoms with Crippen LogP contribution in [0.1, 0.15) is 48.4 Å². The van der Waals surface area contributed by atoms with Crippen molar-refractivity contribution in [1.29, 1.82) is 0 Å². The van der Waals surface area contributed by atoms with E-state index in [1.807, 2.05) is 47.5 Å². The lowest BCUT2D eigenvalue weighted by Crippen LogP contribution is -2.58. The zero-order chi connectivity index (χ0) is 27.2. The van der Waals surface area contributed by atoms with Gasteiger partial charge >= 0.3 is 0 Å². The number of allylic oxidation sites excluding steroid dienone is 2. The molecule has 1 aromatic heterocycles. The summed E-state index contributed by atoms with van der Waals surface area (Å²) in [5.41, 5.74) is 1.24. The molecule has 3 aliphatic heterocycles. The second-order valence-electron chi connectivity index (χ2n) is 11.1. The molecular formula is C30H38N4O4S. The Labute approximate surface area is 234 Å². The van der Waals surface area contributed by atoms with Crippen LogP contribution in [0.5, 0.6) is 0 Å². The van der Waals surface area contributed by atoms with Crippen molar-refractivity contribution in [3.8, 4) is 0 Å². The predicted octanol–water partition coefficient (Wildman–Crippen LogP) is 3.20. The number of rotatable bonds is 4. The molecule has 3 atom stereocenters. The lowest BCUT2D eigenvalue weighted by molar-refractivity contribution is -0.140. The van der Waals surface area contributed by atoms with E-state index in [0.29, 0.717) is 64.8 Å². The summed E-state index contributed by atoms with van der Waals surface area (Å²) in [5, 5.41) is 9.32. The van der Waals surface area contributed by atoms with Crippen molar-refractivity contribution >= 4 is 29.1 Å². The highest BCUT2D eigenvalue weighted by Crippen LogP contribution is 2.36. The van der Waals surface area contributed by atoms with Gasteiger partial charge in [0, 0.05) is 50.1 Å². The molecule has 39 heavy (non-hydrogen) atoms. The summed E-state index contributed by atoms with van der Waals surface area (Å²) in [6, 6.07) is 9.08. The van der Waals surface area contributed by atoms with Crippen molar-refractivity contribution in [3.05, 3.63) is 64.1 Å². The fourth-order valence-corrected chi connectivity index (χ4v) is 6.58. The van der Waals surface area contributed by atoms with E-state index >= 15 is 0 Å². The van der Waals surface area contributed by atoms with Crippen LogP contribution in [-0.2, 0) is 32.0 Å². The summed E-state index contributed by atoms with van der Waals surface area (Å²) in [4.78, 5) is 46.9. The van der Waals surface area contributed by atoms with E-state index in [0.717, 1.165) is 22.7 Å². The van der Waals surface area contributed by atoms with Gasteiger partial charge in [0.2, 0.25) is 17.7 Å². The number of piperidine rings is 1. The van der Waals surface area contributed by atoms with Gasteiger partial charge in [0.15, 0.2) is 0 Å². The average Bonchev–Trinajstić information content (AvgIpc) is 3.36. The molecule has 2 N–H and O–H groups in total. The molecule has 0 bridgehead atoms. The highest BCUT2D eigenvalue weighted by Gasteiger charge is 2.41. The van der Waals surface area contributed by atoms with Crippen molar-refractivity contribution in [2.45, 2.75) is 64.0 Å². The summed E-state index contributed by atoms with van der Waals surface area (Å²) in [6.45, 7) is 4.20. The number of carbonyl (C=O) groups is 3. The number of ether oxygens (including phenoxy) is 1. The summed E-state index contributed by atoms with van der Waals surface area (Å²) >= 11 is 1.56. The number of hydrogen-bond acceptors (Lipinski definition) is 6. The number of thiazole rings is 1. The maximum atomic E-state index is 13.7. The first-order valence-corrected chi connectivity index (χ1v) is 14.9. The van der Waals surface area contributed by atoms with Crippen LogP contribution in [0.15, 0.2) is 47.9 Å². The highest BCUT2D eigenvalue weighted by atomic mass is 32.1. The lowest BCUT2D eigenvalue weighted by Gasteiger charge is -2.40. The molecular weight excluding hydrogens is 512 g/mol. The first-order chi connectivity index (χ1) is 18.9. The van der Waals surface area contributed by atoms with E-state index in [-0.39, 0.29) is 29.7 Å². The Balaban J connectivity index is 1.36. The summed E-state index contributed by atoms with van der Waals surface area (Å²) in [5.74, 6) is -0.0539. The Bertz CT molecular complexity index is 1190. The molecule has 1 aromatic carbocycles. The predicted molar refractivity (Wildman–Crippen MR) is 150 cm³/mol. The van der Waals surface area contributed by atoms with Crippen LogP contribution in [0, 0.1) is 18.3 Å². The minimum absolute atomic E-state index is 0.0682. The van der Waals surface area contributed by atoms with Gasteiger partial charge in [0.25, 0.3) is 0 Å². The van der Waals surface area contributed by atoms with Gasteiger partial charge in [-0.25, -0.2) is 4.98 Å². The first-order valence-electron chi connectivity index (χ1n) is 14.0. The molecule has 2 fully saturated rings.